The van der Waals surface area contributed by atoms with Crippen molar-refractivity contribution in [2.45, 2.75) is 37.5 Å². The van der Waals surface area contributed by atoms with Gasteiger partial charge in [0.1, 0.15) is 6.61 Å². The maximum absolute atomic E-state index is 12.3. The molecule has 144 valence electrons. The standard InChI is InChI=1S/C20H21N5O3/c26-19(28-13-14-6-2-1-3-7-14)21-16-10-15-8-4-5-9-17(15)20(27,11-16)12-18-22-24-25-23-18/h1-9,16,27H,10-13H2,(H,21,26)(H,22,23,24,25)/t16-,20+/m1/s1. The lowest BCUT2D eigenvalue weighted by Gasteiger charge is -2.38. The Morgan fingerprint density at radius 3 is 2.79 bits per heavy atom. The predicted molar refractivity (Wildman–Crippen MR) is 100 cm³/mol. The average molecular weight is 379 g/mol. The van der Waals surface area contributed by atoms with Crippen LogP contribution in [0.15, 0.2) is 54.6 Å². The number of aromatic amines is 1. The van der Waals surface area contributed by atoms with Crippen molar-refractivity contribution in [2.24, 2.45) is 0 Å². The van der Waals surface area contributed by atoms with Gasteiger partial charge in [-0.3, -0.25) is 0 Å². The fourth-order valence-corrected chi connectivity index (χ4v) is 3.73. The van der Waals surface area contributed by atoms with Crippen molar-refractivity contribution in [1.82, 2.24) is 25.9 Å². The number of hydrogen-bond donors (Lipinski definition) is 3. The molecule has 2 atom stereocenters. The first kappa shape index (κ1) is 18.1. The zero-order chi connectivity index (χ0) is 19.4. The first-order valence-electron chi connectivity index (χ1n) is 9.13. The highest BCUT2D eigenvalue weighted by molar-refractivity contribution is 5.67. The van der Waals surface area contributed by atoms with Gasteiger partial charge in [0, 0.05) is 18.9 Å². The second-order valence-electron chi connectivity index (χ2n) is 7.00. The summed E-state index contributed by atoms with van der Waals surface area (Å²) in [4.78, 5) is 12.3. The molecule has 0 saturated carbocycles. The normalized spacial score (nSPS) is 21.0. The van der Waals surface area contributed by atoms with Crippen LogP contribution in [0.1, 0.15) is 28.9 Å². The molecule has 2 aromatic carbocycles. The van der Waals surface area contributed by atoms with Gasteiger partial charge < -0.3 is 15.2 Å². The smallest absolute Gasteiger partial charge is 0.407 e. The molecule has 0 aliphatic heterocycles. The second-order valence-corrected chi connectivity index (χ2v) is 7.00. The molecule has 0 fully saturated rings. The van der Waals surface area contributed by atoms with Gasteiger partial charge in [0.2, 0.25) is 0 Å². The number of alkyl carbamates (subject to hydrolysis) is 1. The van der Waals surface area contributed by atoms with Gasteiger partial charge in [0.05, 0.1) is 5.60 Å². The molecule has 8 heteroatoms. The van der Waals surface area contributed by atoms with Gasteiger partial charge in [-0.15, -0.1) is 10.2 Å². The van der Waals surface area contributed by atoms with E-state index in [0.29, 0.717) is 18.7 Å². The number of fused-ring (bicyclic) bond motifs is 1. The van der Waals surface area contributed by atoms with E-state index in [1.807, 2.05) is 54.6 Å². The summed E-state index contributed by atoms with van der Waals surface area (Å²) < 4.78 is 5.32. The zero-order valence-corrected chi connectivity index (χ0v) is 15.2. The number of aromatic nitrogens is 4. The summed E-state index contributed by atoms with van der Waals surface area (Å²) in [5.74, 6) is 0.421. The number of carbonyl (C=O) groups excluding carboxylic acids is 1. The third kappa shape index (κ3) is 4.01. The number of aliphatic hydroxyl groups is 1. The van der Waals surface area contributed by atoms with E-state index in [2.05, 4.69) is 25.9 Å². The molecule has 1 heterocycles. The fraction of sp³-hybridized carbons (Fsp3) is 0.300. The molecule has 3 aromatic rings. The summed E-state index contributed by atoms with van der Waals surface area (Å²) in [7, 11) is 0. The van der Waals surface area contributed by atoms with Crippen LogP contribution in [0.3, 0.4) is 0 Å². The van der Waals surface area contributed by atoms with Crippen molar-refractivity contribution in [3.8, 4) is 0 Å². The number of benzene rings is 2. The summed E-state index contributed by atoms with van der Waals surface area (Å²) in [6.45, 7) is 0.198. The maximum atomic E-state index is 12.3. The number of nitrogens with zero attached hydrogens (tertiary/aromatic N) is 3. The van der Waals surface area contributed by atoms with Crippen LogP contribution in [-0.2, 0) is 29.8 Å². The zero-order valence-electron chi connectivity index (χ0n) is 15.2. The summed E-state index contributed by atoms with van der Waals surface area (Å²) in [5, 5.41) is 28.1. The van der Waals surface area contributed by atoms with Crippen LogP contribution in [0.2, 0.25) is 0 Å². The number of H-pyrrole nitrogens is 1. The summed E-state index contributed by atoms with van der Waals surface area (Å²) in [6, 6.07) is 16.9. The SMILES string of the molecule is O=C(N[C@@H]1Cc2ccccc2[C@@](O)(Cc2nn[nH]n2)C1)OCc1ccccc1. The van der Waals surface area contributed by atoms with E-state index in [1.54, 1.807) is 0 Å². The van der Waals surface area contributed by atoms with Crippen LogP contribution in [0.5, 0.6) is 0 Å². The number of amides is 1. The molecule has 0 unspecified atom stereocenters. The lowest BCUT2D eigenvalue weighted by atomic mass is 9.75. The quantitative estimate of drug-likeness (QED) is 0.624. The Labute approximate surface area is 161 Å². The van der Waals surface area contributed by atoms with E-state index in [9.17, 15) is 9.90 Å². The molecule has 1 aromatic heterocycles. The molecule has 0 saturated heterocycles. The highest BCUT2D eigenvalue weighted by atomic mass is 16.5. The van der Waals surface area contributed by atoms with E-state index in [-0.39, 0.29) is 19.1 Å². The number of ether oxygens (including phenoxy) is 1. The molecular formula is C20H21N5O3. The van der Waals surface area contributed by atoms with Crippen molar-refractivity contribution in [2.75, 3.05) is 0 Å². The van der Waals surface area contributed by atoms with Crippen molar-refractivity contribution < 1.29 is 14.6 Å². The van der Waals surface area contributed by atoms with Gasteiger partial charge in [0.15, 0.2) is 5.82 Å². The third-order valence-electron chi connectivity index (χ3n) is 4.94. The van der Waals surface area contributed by atoms with Crippen LogP contribution < -0.4 is 5.32 Å². The van der Waals surface area contributed by atoms with Crippen molar-refractivity contribution in [3.63, 3.8) is 0 Å². The lowest BCUT2D eigenvalue weighted by Crippen LogP contribution is -2.47. The van der Waals surface area contributed by atoms with Crippen molar-refractivity contribution in [1.29, 1.82) is 0 Å². The molecule has 3 N–H and O–H groups in total. The number of nitrogens with one attached hydrogen (secondary N) is 2. The van der Waals surface area contributed by atoms with E-state index < -0.39 is 11.7 Å². The molecule has 0 spiro atoms. The van der Waals surface area contributed by atoms with Gasteiger partial charge in [-0.2, -0.15) is 5.21 Å². The van der Waals surface area contributed by atoms with Gasteiger partial charge in [-0.1, -0.05) is 59.8 Å². The fourth-order valence-electron chi connectivity index (χ4n) is 3.73. The molecular weight excluding hydrogens is 358 g/mol. The third-order valence-corrected chi connectivity index (χ3v) is 4.94. The van der Waals surface area contributed by atoms with E-state index in [4.69, 9.17) is 4.74 Å². The Bertz CT molecular complexity index is 932. The minimum Gasteiger partial charge on any atom is -0.445 e. The summed E-state index contributed by atoms with van der Waals surface area (Å²) in [5.41, 5.74) is 1.53. The van der Waals surface area contributed by atoms with Gasteiger partial charge in [-0.05, 0) is 23.1 Å². The highest BCUT2D eigenvalue weighted by Crippen LogP contribution is 2.37. The minimum atomic E-state index is -1.20. The Morgan fingerprint density at radius 1 is 1.21 bits per heavy atom. The summed E-state index contributed by atoms with van der Waals surface area (Å²) in [6.07, 6.45) is 0.650. The summed E-state index contributed by atoms with van der Waals surface area (Å²) >= 11 is 0. The molecule has 1 aliphatic rings. The Morgan fingerprint density at radius 2 is 2.00 bits per heavy atom. The van der Waals surface area contributed by atoms with Gasteiger partial charge >= 0.3 is 6.09 Å². The maximum Gasteiger partial charge on any atom is 0.407 e. The Balaban J connectivity index is 1.46. The predicted octanol–water partition coefficient (Wildman–Crippen LogP) is 1.87. The highest BCUT2D eigenvalue weighted by Gasteiger charge is 2.40. The first-order valence-corrected chi connectivity index (χ1v) is 9.13. The second kappa shape index (κ2) is 7.77. The number of hydrogen-bond acceptors (Lipinski definition) is 6. The van der Waals surface area contributed by atoms with Crippen LogP contribution >= 0.6 is 0 Å². The lowest BCUT2D eigenvalue weighted by molar-refractivity contribution is 0.00709. The van der Waals surface area contributed by atoms with Crippen LogP contribution in [0, 0.1) is 0 Å². The first-order chi connectivity index (χ1) is 13.6. The molecule has 28 heavy (non-hydrogen) atoms. The number of carbonyl (C=O) groups is 1. The van der Waals surface area contributed by atoms with E-state index >= 15 is 0 Å². The monoisotopic (exact) mass is 379 g/mol. The van der Waals surface area contributed by atoms with Crippen LogP contribution in [0.4, 0.5) is 4.79 Å². The molecule has 1 aliphatic carbocycles. The molecule has 0 bridgehead atoms. The number of tetrazole rings is 1. The van der Waals surface area contributed by atoms with Crippen molar-refractivity contribution >= 4 is 6.09 Å². The number of rotatable bonds is 5. The van der Waals surface area contributed by atoms with Crippen LogP contribution in [0.25, 0.3) is 0 Å². The van der Waals surface area contributed by atoms with Gasteiger partial charge in [-0.25, -0.2) is 4.79 Å². The molecule has 4 rings (SSSR count). The molecule has 1 amide bonds. The Hall–Kier alpha value is -3.26. The van der Waals surface area contributed by atoms with Gasteiger partial charge in [0.25, 0.3) is 0 Å². The van der Waals surface area contributed by atoms with Crippen LogP contribution in [-0.4, -0.2) is 37.9 Å². The van der Waals surface area contributed by atoms with E-state index in [0.717, 1.165) is 16.7 Å². The topological polar surface area (TPSA) is 113 Å². The average Bonchev–Trinajstić information content (AvgIpc) is 3.20. The largest absolute Gasteiger partial charge is 0.445 e. The minimum absolute atomic E-state index is 0.198. The van der Waals surface area contributed by atoms with E-state index in [1.165, 1.54) is 0 Å². The molecule has 0 radical (unpaired) electrons. The molecule has 8 nitrogen and oxygen atoms in total. The Kier molecular flexibility index (Phi) is 5.03. The van der Waals surface area contributed by atoms with Crippen molar-refractivity contribution in [3.05, 3.63) is 77.1 Å².